The Hall–Kier alpha value is -0.610. The van der Waals surface area contributed by atoms with Gasteiger partial charge in [-0.3, -0.25) is 4.79 Å². The van der Waals surface area contributed by atoms with Crippen LogP contribution in [0.4, 0.5) is 0 Å². The normalized spacial score (nSPS) is 25.3. The van der Waals surface area contributed by atoms with Gasteiger partial charge in [0.1, 0.15) is 0 Å². The van der Waals surface area contributed by atoms with E-state index in [-0.39, 0.29) is 29.1 Å². The molecule has 0 bridgehead atoms. The molecule has 1 aliphatic heterocycles. The standard InChI is InChI=1S/C13H27N3O/c1-6-10(14)11(17)15-9-7-12(2,3)16-13(4,5)8-9/h9-10,16H,6-8,14H2,1-5H3,(H,15,17). The summed E-state index contributed by atoms with van der Waals surface area (Å²) in [5, 5.41) is 6.67. The Kier molecular flexibility index (Phi) is 4.20. The SMILES string of the molecule is CCC(N)C(=O)NC1CC(C)(C)NC(C)(C)C1. The molecule has 0 radical (unpaired) electrons. The highest BCUT2D eigenvalue weighted by molar-refractivity contribution is 5.81. The van der Waals surface area contributed by atoms with Gasteiger partial charge in [0.2, 0.25) is 5.91 Å². The molecule has 17 heavy (non-hydrogen) atoms. The molecule has 0 aromatic rings. The van der Waals surface area contributed by atoms with E-state index in [2.05, 4.69) is 38.3 Å². The van der Waals surface area contributed by atoms with Crippen LogP contribution in [0.15, 0.2) is 0 Å². The number of hydrogen-bond acceptors (Lipinski definition) is 3. The van der Waals surface area contributed by atoms with Gasteiger partial charge in [0.15, 0.2) is 0 Å². The van der Waals surface area contributed by atoms with Gasteiger partial charge in [0, 0.05) is 17.1 Å². The van der Waals surface area contributed by atoms with Crippen LogP contribution in [0.25, 0.3) is 0 Å². The van der Waals surface area contributed by atoms with Crippen molar-refractivity contribution in [3.05, 3.63) is 0 Å². The fraction of sp³-hybridized carbons (Fsp3) is 0.923. The average Bonchev–Trinajstić information content (AvgIpc) is 2.11. The molecule has 4 nitrogen and oxygen atoms in total. The molecular weight excluding hydrogens is 214 g/mol. The molecule has 4 N–H and O–H groups in total. The monoisotopic (exact) mass is 241 g/mol. The molecular formula is C13H27N3O. The van der Waals surface area contributed by atoms with Gasteiger partial charge in [-0.2, -0.15) is 0 Å². The van der Waals surface area contributed by atoms with Crippen molar-refractivity contribution in [2.24, 2.45) is 5.73 Å². The van der Waals surface area contributed by atoms with E-state index in [9.17, 15) is 4.79 Å². The first-order valence-corrected chi connectivity index (χ1v) is 6.50. The number of hydrogen-bond donors (Lipinski definition) is 3. The summed E-state index contributed by atoms with van der Waals surface area (Å²) in [6.45, 7) is 10.6. The Morgan fingerprint density at radius 3 is 2.24 bits per heavy atom. The maximum atomic E-state index is 11.8. The van der Waals surface area contributed by atoms with Crippen molar-refractivity contribution in [3.63, 3.8) is 0 Å². The molecule has 1 fully saturated rings. The van der Waals surface area contributed by atoms with Crippen LogP contribution in [0.5, 0.6) is 0 Å². The fourth-order valence-corrected chi connectivity index (χ4v) is 2.92. The third kappa shape index (κ3) is 4.28. The summed E-state index contributed by atoms with van der Waals surface area (Å²) in [4.78, 5) is 11.8. The summed E-state index contributed by atoms with van der Waals surface area (Å²) in [6, 6.07) is -0.164. The quantitative estimate of drug-likeness (QED) is 0.694. The van der Waals surface area contributed by atoms with E-state index in [1.807, 2.05) is 6.92 Å². The maximum absolute atomic E-state index is 11.8. The molecule has 1 heterocycles. The summed E-state index contributed by atoms with van der Waals surface area (Å²) in [5.74, 6) is -0.0222. The second kappa shape index (κ2) is 4.94. The van der Waals surface area contributed by atoms with Crippen molar-refractivity contribution in [2.75, 3.05) is 0 Å². The summed E-state index contributed by atoms with van der Waals surface area (Å²) in [5.41, 5.74) is 5.84. The fourth-order valence-electron chi connectivity index (χ4n) is 2.92. The summed E-state index contributed by atoms with van der Waals surface area (Å²) < 4.78 is 0. The molecule has 0 spiro atoms. The molecule has 1 rings (SSSR count). The molecule has 1 amide bonds. The van der Waals surface area contributed by atoms with Crippen LogP contribution < -0.4 is 16.4 Å². The highest BCUT2D eigenvalue weighted by atomic mass is 16.2. The van der Waals surface area contributed by atoms with Crippen LogP contribution >= 0.6 is 0 Å². The zero-order valence-electron chi connectivity index (χ0n) is 11.8. The first-order valence-electron chi connectivity index (χ1n) is 6.50. The third-order valence-electron chi connectivity index (χ3n) is 3.31. The maximum Gasteiger partial charge on any atom is 0.237 e. The number of nitrogens with two attached hydrogens (primary N) is 1. The summed E-state index contributed by atoms with van der Waals surface area (Å²) in [7, 11) is 0. The molecule has 100 valence electrons. The minimum atomic E-state index is -0.379. The number of carbonyl (C=O) groups is 1. The van der Waals surface area contributed by atoms with E-state index in [4.69, 9.17) is 5.73 Å². The van der Waals surface area contributed by atoms with Gasteiger partial charge in [-0.05, 0) is 47.0 Å². The first kappa shape index (κ1) is 14.5. The van der Waals surface area contributed by atoms with Gasteiger partial charge >= 0.3 is 0 Å². The van der Waals surface area contributed by atoms with Crippen molar-refractivity contribution in [1.82, 2.24) is 10.6 Å². The molecule has 0 aliphatic carbocycles. The highest BCUT2D eigenvalue weighted by Gasteiger charge is 2.38. The van der Waals surface area contributed by atoms with Crippen molar-refractivity contribution in [3.8, 4) is 0 Å². The lowest BCUT2D eigenvalue weighted by molar-refractivity contribution is -0.123. The number of nitrogens with one attached hydrogen (secondary N) is 2. The second-order valence-corrected chi connectivity index (χ2v) is 6.52. The second-order valence-electron chi connectivity index (χ2n) is 6.52. The van der Waals surface area contributed by atoms with Crippen molar-refractivity contribution in [1.29, 1.82) is 0 Å². The van der Waals surface area contributed by atoms with E-state index >= 15 is 0 Å². The zero-order chi connectivity index (χ0) is 13.3. The third-order valence-corrected chi connectivity index (χ3v) is 3.31. The molecule has 1 saturated heterocycles. The van der Waals surface area contributed by atoms with Crippen LogP contribution in [-0.4, -0.2) is 29.1 Å². The Morgan fingerprint density at radius 1 is 1.35 bits per heavy atom. The van der Waals surface area contributed by atoms with Gasteiger partial charge in [0.25, 0.3) is 0 Å². The summed E-state index contributed by atoms with van der Waals surface area (Å²) >= 11 is 0. The van der Waals surface area contributed by atoms with Gasteiger partial charge in [-0.15, -0.1) is 0 Å². The van der Waals surface area contributed by atoms with Crippen molar-refractivity contribution < 1.29 is 4.79 Å². The van der Waals surface area contributed by atoms with Crippen molar-refractivity contribution in [2.45, 2.75) is 77.0 Å². The van der Waals surface area contributed by atoms with Crippen LogP contribution in [0.3, 0.4) is 0 Å². The Labute approximate surface area is 105 Å². The number of rotatable bonds is 3. The number of amides is 1. The van der Waals surface area contributed by atoms with Crippen LogP contribution in [-0.2, 0) is 4.79 Å². The first-order chi connectivity index (χ1) is 7.65. The Balaban J connectivity index is 2.63. The average molecular weight is 241 g/mol. The largest absolute Gasteiger partial charge is 0.352 e. The minimum Gasteiger partial charge on any atom is -0.352 e. The zero-order valence-corrected chi connectivity index (χ0v) is 11.8. The smallest absolute Gasteiger partial charge is 0.237 e. The number of carbonyl (C=O) groups excluding carboxylic acids is 1. The van der Waals surface area contributed by atoms with Crippen molar-refractivity contribution >= 4 is 5.91 Å². The highest BCUT2D eigenvalue weighted by Crippen LogP contribution is 2.28. The van der Waals surface area contributed by atoms with E-state index in [0.29, 0.717) is 6.42 Å². The predicted molar refractivity (Wildman–Crippen MR) is 70.7 cm³/mol. The molecule has 1 aliphatic rings. The predicted octanol–water partition coefficient (Wildman–Crippen LogP) is 1.15. The lowest BCUT2D eigenvalue weighted by Gasteiger charge is -2.46. The van der Waals surface area contributed by atoms with E-state index in [1.54, 1.807) is 0 Å². The van der Waals surface area contributed by atoms with E-state index < -0.39 is 0 Å². The van der Waals surface area contributed by atoms with Gasteiger partial charge in [0.05, 0.1) is 6.04 Å². The van der Waals surface area contributed by atoms with Crippen LogP contribution in [0, 0.1) is 0 Å². The van der Waals surface area contributed by atoms with Gasteiger partial charge in [-0.1, -0.05) is 6.92 Å². The molecule has 0 aromatic heterocycles. The number of piperidine rings is 1. The topological polar surface area (TPSA) is 67.2 Å². The minimum absolute atomic E-state index is 0.0222. The lowest BCUT2D eigenvalue weighted by atomic mass is 9.79. The van der Waals surface area contributed by atoms with Crippen LogP contribution in [0.2, 0.25) is 0 Å². The molecule has 1 unspecified atom stereocenters. The Bertz CT molecular complexity index is 270. The van der Waals surface area contributed by atoms with Gasteiger partial charge < -0.3 is 16.4 Å². The van der Waals surface area contributed by atoms with E-state index in [1.165, 1.54) is 0 Å². The lowest BCUT2D eigenvalue weighted by Crippen LogP contribution is -2.63. The van der Waals surface area contributed by atoms with E-state index in [0.717, 1.165) is 12.8 Å². The molecule has 0 saturated carbocycles. The molecule has 0 aromatic carbocycles. The van der Waals surface area contributed by atoms with Gasteiger partial charge in [-0.25, -0.2) is 0 Å². The van der Waals surface area contributed by atoms with Crippen LogP contribution in [0.1, 0.15) is 53.9 Å². The summed E-state index contributed by atoms with van der Waals surface area (Å²) in [6.07, 6.45) is 2.57. The molecule has 4 heteroatoms. The molecule has 1 atom stereocenters. The Morgan fingerprint density at radius 2 is 1.82 bits per heavy atom.